The molecule has 0 aromatic heterocycles. The summed E-state index contributed by atoms with van der Waals surface area (Å²) in [4.78, 5) is 2.10. The van der Waals surface area contributed by atoms with E-state index in [0.29, 0.717) is 6.17 Å². The zero-order valence-electron chi connectivity index (χ0n) is 5.91. The van der Waals surface area contributed by atoms with Gasteiger partial charge in [-0.25, -0.2) is 5.84 Å². The van der Waals surface area contributed by atoms with Crippen molar-refractivity contribution in [1.82, 2.24) is 9.91 Å². The molecule has 0 aromatic carbocycles. The molecule has 0 saturated carbocycles. The molecule has 9 heavy (non-hydrogen) atoms. The van der Waals surface area contributed by atoms with Crippen molar-refractivity contribution in [2.75, 3.05) is 7.05 Å². The van der Waals surface area contributed by atoms with E-state index in [-0.39, 0.29) is 0 Å². The molecule has 0 bridgehead atoms. The van der Waals surface area contributed by atoms with Gasteiger partial charge in [0.25, 0.3) is 0 Å². The molecule has 3 heteroatoms. The van der Waals surface area contributed by atoms with Gasteiger partial charge in [0.05, 0.1) is 0 Å². The maximum atomic E-state index is 5.58. The third-order valence-corrected chi connectivity index (χ3v) is 1.65. The van der Waals surface area contributed by atoms with Gasteiger partial charge in [0.15, 0.2) is 0 Å². The minimum atomic E-state index is 0.366. The smallest absolute Gasteiger partial charge is 0.115 e. The van der Waals surface area contributed by atoms with E-state index >= 15 is 0 Å². The van der Waals surface area contributed by atoms with Gasteiger partial charge in [-0.05, 0) is 6.42 Å². The number of hydrogen-bond acceptors (Lipinski definition) is 3. The van der Waals surface area contributed by atoms with Gasteiger partial charge in [-0.1, -0.05) is 6.92 Å². The Morgan fingerprint density at radius 1 is 1.56 bits per heavy atom. The first-order valence-electron chi connectivity index (χ1n) is 3.19. The molecule has 0 aliphatic carbocycles. The fourth-order valence-corrected chi connectivity index (χ4v) is 1.09. The second-order valence-electron chi connectivity index (χ2n) is 2.30. The molecule has 0 spiro atoms. The van der Waals surface area contributed by atoms with E-state index in [9.17, 15) is 0 Å². The van der Waals surface area contributed by atoms with Gasteiger partial charge in [0.1, 0.15) is 6.17 Å². The molecule has 1 aliphatic rings. The van der Waals surface area contributed by atoms with Gasteiger partial charge in [-0.2, -0.15) is 0 Å². The molecule has 1 rings (SSSR count). The predicted molar refractivity (Wildman–Crippen MR) is 37.0 cm³/mol. The van der Waals surface area contributed by atoms with Gasteiger partial charge >= 0.3 is 0 Å². The predicted octanol–water partition coefficient (Wildman–Crippen LogP) is 0.315. The zero-order valence-corrected chi connectivity index (χ0v) is 5.91. The number of rotatable bonds is 1. The maximum absolute atomic E-state index is 5.58. The lowest BCUT2D eigenvalue weighted by molar-refractivity contribution is 0.174. The molecule has 0 fully saturated rings. The second-order valence-corrected chi connectivity index (χ2v) is 2.30. The van der Waals surface area contributed by atoms with Crippen LogP contribution in [0.4, 0.5) is 0 Å². The van der Waals surface area contributed by atoms with Crippen molar-refractivity contribution < 1.29 is 0 Å². The van der Waals surface area contributed by atoms with E-state index in [1.807, 2.05) is 19.4 Å². The van der Waals surface area contributed by atoms with Crippen LogP contribution in [0.3, 0.4) is 0 Å². The number of nitrogens with zero attached hydrogens (tertiary/aromatic N) is 2. The van der Waals surface area contributed by atoms with Crippen LogP contribution >= 0.6 is 0 Å². The SMILES string of the molecule is CCC1N(C)C=CN1N. The molecule has 52 valence electrons. The van der Waals surface area contributed by atoms with Crippen molar-refractivity contribution in [2.24, 2.45) is 5.84 Å². The monoisotopic (exact) mass is 127 g/mol. The zero-order chi connectivity index (χ0) is 6.85. The van der Waals surface area contributed by atoms with Crippen LogP contribution in [0.5, 0.6) is 0 Å². The van der Waals surface area contributed by atoms with Crippen molar-refractivity contribution in [3.63, 3.8) is 0 Å². The van der Waals surface area contributed by atoms with Crippen LogP contribution in [-0.2, 0) is 0 Å². The van der Waals surface area contributed by atoms with Crippen LogP contribution in [0.25, 0.3) is 0 Å². The van der Waals surface area contributed by atoms with E-state index in [1.54, 1.807) is 5.01 Å². The first kappa shape index (κ1) is 6.42. The molecule has 1 heterocycles. The Bertz CT molecular complexity index is 109. The summed E-state index contributed by atoms with van der Waals surface area (Å²) in [6.45, 7) is 2.12. The number of hydrazine groups is 1. The molecule has 0 amide bonds. The van der Waals surface area contributed by atoms with Crippen LogP contribution < -0.4 is 5.84 Å². The normalized spacial score (nSPS) is 25.9. The van der Waals surface area contributed by atoms with Crippen LogP contribution in [0.15, 0.2) is 12.4 Å². The standard InChI is InChI=1S/C6H13N3/c1-3-6-8(2)4-5-9(6)7/h4-6H,3,7H2,1-2H3. The first-order chi connectivity index (χ1) is 4.25. The fourth-order valence-electron chi connectivity index (χ4n) is 1.09. The average Bonchev–Trinajstić information content (AvgIpc) is 2.12. The Morgan fingerprint density at radius 2 is 2.22 bits per heavy atom. The summed E-state index contributed by atoms with van der Waals surface area (Å²) < 4.78 is 0. The van der Waals surface area contributed by atoms with E-state index in [0.717, 1.165) is 6.42 Å². The summed E-state index contributed by atoms with van der Waals surface area (Å²) in [5.74, 6) is 5.58. The molecule has 1 aliphatic heterocycles. The van der Waals surface area contributed by atoms with Gasteiger partial charge in [-0.3, -0.25) is 5.01 Å². The van der Waals surface area contributed by atoms with Gasteiger partial charge in [-0.15, -0.1) is 0 Å². The Hall–Kier alpha value is -0.700. The molecular formula is C6H13N3. The van der Waals surface area contributed by atoms with Crippen LogP contribution in [-0.4, -0.2) is 23.1 Å². The summed E-state index contributed by atoms with van der Waals surface area (Å²) in [5, 5.41) is 1.72. The molecule has 0 radical (unpaired) electrons. The second kappa shape index (κ2) is 2.27. The number of hydrogen-bond donors (Lipinski definition) is 1. The van der Waals surface area contributed by atoms with Gasteiger partial charge in [0.2, 0.25) is 0 Å². The van der Waals surface area contributed by atoms with Gasteiger partial charge in [0, 0.05) is 19.4 Å². The highest BCUT2D eigenvalue weighted by molar-refractivity contribution is 4.91. The van der Waals surface area contributed by atoms with Crippen LogP contribution in [0.2, 0.25) is 0 Å². The van der Waals surface area contributed by atoms with E-state index in [4.69, 9.17) is 5.84 Å². The third-order valence-electron chi connectivity index (χ3n) is 1.65. The van der Waals surface area contributed by atoms with E-state index < -0.39 is 0 Å². The molecular weight excluding hydrogens is 114 g/mol. The minimum Gasteiger partial charge on any atom is -0.358 e. The lowest BCUT2D eigenvalue weighted by atomic mass is 10.4. The van der Waals surface area contributed by atoms with E-state index in [2.05, 4.69) is 11.8 Å². The van der Waals surface area contributed by atoms with Crippen molar-refractivity contribution in [3.8, 4) is 0 Å². The Balaban J connectivity index is 2.53. The quantitative estimate of drug-likeness (QED) is 0.515. The highest BCUT2D eigenvalue weighted by atomic mass is 15.5. The summed E-state index contributed by atoms with van der Waals surface area (Å²) in [6.07, 6.45) is 5.28. The fraction of sp³-hybridized carbons (Fsp3) is 0.667. The Morgan fingerprint density at radius 3 is 2.44 bits per heavy atom. The molecule has 0 saturated heterocycles. The maximum Gasteiger partial charge on any atom is 0.115 e. The minimum absolute atomic E-state index is 0.366. The molecule has 1 unspecified atom stereocenters. The van der Waals surface area contributed by atoms with Crippen molar-refractivity contribution >= 4 is 0 Å². The lowest BCUT2D eigenvalue weighted by Gasteiger charge is -2.25. The summed E-state index contributed by atoms with van der Waals surface area (Å²) in [6, 6.07) is 0. The van der Waals surface area contributed by atoms with Crippen molar-refractivity contribution in [3.05, 3.63) is 12.4 Å². The number of nitrogens with two attached hydrogens (primary N) is 1. The van der Waals surface area contributed by atoms with Crippen LogP contribution in [0, 0.1) is 0 Å². The van der Waals surface area contributed by atoms with Gasteiger partial charge < -0.3 is 4.90 Å². The van der Waals surface area contributed by atoms with Crippen molar-refractivity contribution in [1.29, 1.82) is 0 Å². The Labute approximate surface area is 55.7 Å². The van der Waals surface area contributed by atoms with Crippen LogP contribution in [0.1, 0.15) is 13.3 Å². The molecule has 3 nitrogen and oxygen atoms in total. The summed E-state index contributed by atoms with van der Waals surface area (Å²) in [7, 11) is 2.03. The first-order valence-corrected chi connectivity index (χ1v) is 3.19. The highest BCUT2D eigenvalue weighted by Gasteiger charge is 2.17. The molecule has 2 N–H and O–H groups in total. The average molecular weight is 127 g/mol. The third kappa shape index (κ3) is 1.00. The lowest BCUT2D eigenvalue weighted by Crippen LogP contribution is -2.39. The molecule has 0 aromatic rings. The molecule has 1 atom stereocenters. The Kier molecular flexibility index (Phi) is 1.62. The largest absolute Gasteiger partial charge is 0.358 e. The van der Waals surface area contributed by atoms with E-state index in [1.165, 1.54) is 0 Å². The summed E-state index contributed by atoms with van der Waals surface area (Å²) in [5.41, 5.74) is 0. The summed E-state index contributed by atoms with van der Waals surface area (Å²) >= 11 is 0. The van der Waals surface area contributed by atoms with Crippen molar-refractivity contribution in [2.45, 2.75) is 19.5 Å². The highest BCUT2D eigenvalue weighted by Crippen LogP contribution is 2.11. The topological polar surface area (TPSA) is 32.5 Å².